The van der Waals surface area contributed by atoms with E-state index in [4.69, 9.17) is 9.97 Å². The smallest absolute Gasteiger partial charge is 0.111 e. The van der Waals surface area contributed by atoms with E-state index in [1.807, 2.05) is 24.3 Å². The molecule has 2 atom stereocenters. The number of hydrogen-bond acceptors (Lipinski definition) is 4. The third kappa shape index (κ3) is 4.71. The van der Waals surface area contributed by atoms with Gasteiger partial charge in [-0.1, -0.05) is 97.1 Å². The average Bonchev–Trinajstić information content (AvgIpc) is 3.88. The lowest BCUT2D eigenvalue weighted by Gasteiger charge is -2.54. The third-order valence-electron chi connectivity index (χ3n) is 10.2. The molecule has 0 radical (unpaired) electrons. The highest BCUT2D eigenvalue weighted by molar-refractivity contribution is 6.07. The Labute approximate surface area is 292 Å². The normalized spacial score (nSPS) is 19.0. The van der Waals surface area contributed by atoms with Crippen LogP contribution < -0.4 is 0 Å². The van der Waals surface area contributed by atoms with Crippen molar-refractivity contribution in [1.82, 2.24) is 29.7 Å². The topological polar surface area (TPSA) is 63.8 Å². The molecule has 1 aliphatic carbocycles. The Morgan fingerprint density at radius 1 is 0.540 bits per heavy atom. The summed E-state index contributed by atoms with van der Waals surface area (Å²) >= 11 is 0. The summed E-state index contributed by atoms with van der Waals surface area (Å²) in [5.74, 6) is 0. The Bertz CT molecular complexity index is 2390. The molecule has 3 aromatic heterocycles. The fourth-order valence-electron chi connectivity index (χ4n) is 8.18. The number of H-pyrrole nitrogens is 2. The monoisotopic (exact) mass is 652 g/mol. The van der Waals surface area contributed by atoms with Gasteiger partial charge in [0.15, 0.2) is 0 Å². The standard InChI is InChI=1S/C44H40N6/c1-5-23-49(24-6-2)43-21-13-14-22-44(43,50(25-7-3)26-8-4)42-30-40-36-18-12-11-17-35(36)39(47-40)29-38-34-16-10-9-15-33(34)37(46-38)27-31-19-20-32(45-31)28-41(43)48-42/h5-22,27-30,45,47H,1-4,23-26H2. The molecule has 246 valence electrons. The summed E-state index contributed by atoms with van der Waals surface area (Å²) in [6.07, 6.45) is 16.7. The van der Waals surface area contributed by atoms with Gasteiger partial charge >= 0.3 is 0 Å². The minimum atomic E-state index is -0.745. The SMILES string of the molecule is C=CCN(CC=C)C12C=CC=CC1(N(CC=C)CC=C)c1cc3[nH]c(cc4nc(cc5ccc(cc2n1)[nH]5)-c1ccccc1-4)c1ccccc31. The summed E-state index contributed by atoms with van der Waals surface area (Å²) in [6, 6.07) is 29.9. The number of aromatic nitrogens is 4. The van der Waals surface area contributed by atoms with Gasteiger partial charge in [-0.05, 0) is 36.4 Å². The van der Waals surface area contributed by atoms with Crippen LogP contribution in [0, 0.1) is 0 Å². The van der Waals surface area contributed by atoms with Crippen LogP contribution >= 0.6 is 0 Å². The van der Waals surface area contributed by atoms with Crippen LogP contribution in [0.5, 0.6) is 0 Å². The molecule has 2 aliphatic heterocycles. The molecule has 8 bridgehead atoms. The van der Waals surface area contributed by atoms with Gasteiger partial charge in [0.1, 0.15) is 11.1 Å². The maximum Gasteiger partial charge on any atom is 0.111 e. The summed E-state index contributed by atoms with van der Waals surface area (Å²) in [6.45, 7) is 19.2. The van der Waals surface area contributed by atoms with E-state index in [2.05, 4.69) is 155 Å². The number of nitrogens with zero attached hydrogens (tertiary/aromatic N) is 4. The van der Waals surface area contributed by atoms with Crippen LogP contribution in [-0.2, 0) is 11.1 Å². The largest absolute Gasteiger partial charge is 0.355 e. The first-order valence-electron chi connectivity index (χ1n) is 17.1. The van der Waals surface area contributed by atoms with Gasteiger partial charge in [0.25, 0.3) is 0 Å². The maximum absolute atomic E-state index is 5.63. The van der Waals surface area contributed by atoms with E-state index in [0.717, 1.165) is 66.7 Å². The van der Waals surface area contributed by atoms with Crippen LogP contribution in [0.15, 0.2) is 160 Å². The van der Waals surface area contributed by atoms with Crippen LogP contribution in [0.2, 0.25) is 0 Å². The molecule has 2 N–H and O–H groups in total. The number of hydrogen-bond donors (Lipinski definition) is 2. The Morgan fingerprint density at radius 3 is 1.58 bits per heavy atom. The van der Waals surface area contributed by atoms with Crippen molar-refractivity contribution < 1.29 is 0 Å². The second kappa shape index (κ2) is 12.6. The Balaban J connectivity index is 1.57. The van der Waals surface area contributed by atoms with E-state index in [9.17, 15) is 0 Å². The van der Waals surface area contributed by atoms with Crippen LogP contribution in [0.25, 0.3) is 55.4 Å². The summed E-state index contributed by atoms with van der Waals surface area (Å²) in [5, 5.41) is 2.24. The highest BCUT2D eigenvalue weighted by atomic mass is 15.3. The predicted octanol–water partition coefficient (Wildman–Crippen LogP) is 9.37. The highest BCUT2D eigenvalue weighted by Crippen LogP contribution is 2.55. The van der Waals surface area contributed by atoms with Crippen LogP contribution in [0.3, 0.4) is 0 Å². The average molecular weight is 653 g/mol. The predicted molar refractivity (Wildman–Crippen MR) is 209 cm³/mol. The molecule has 6 heteroatoms. The molecule has 3 aliphatic rings. The minimum Gasteiger partial charge on any atom is -0.355 e. The maximum atomic E-state index is 5.63. The number of nitrogens with one attached hydrogen (secondary N) is 2. The lowest BCUT2D eigenvalue weighted by molar-refractivity contribution is -0.000467. The lowest BCUT2D eigenvalue weighted by Crippen LogP contribution is -2.64. The van der Waals surface area contributed by atoms with Gasteiger partial charge in [-0.2, -0.15) is 0 Å². The lowest BCUT2D eigenvalue weighted by atomic mass is 9.69. The van der Waals surface area contributed by atoms with Crippen molar-refractivity contribution in [1.29, 1.82) is 0 Å². The third-order valence-corrected chi connectivity index (χ3v) is 10.2. The van der Waals surface area contributed by atoms with Crippen LogP contribution in [-0.4, -0.2) is 55.9 Å². The quantitative estimate of drug-likeness (QED) is 0.145. The Hall–Kier alpha value is -5.82. The van der Waals surface area contributed by atoms with Crippen molar-refractivity contribution in [3.05, 3.63) is 171 Å². The molecule has 5 heterocycles. The second-order valence-corrected chi connectivity index (χ2v) is 13.0. The van der Waals surface area contributed by atoms with Crippen molar-refractivity contribution in [3.63, 3.8) is 0 Å². The second-order valence-electron chi connectivity index (χ2n) is 13.0. The molecule has 6 nitrogen and oxygen atoms in total. The zero-order valence-corrected chi connectivity index (χ0v) is 28.1. The molecule has 0 fully saturated rings. The number of aromatic amines is 2. The number of fused-ring (bicyclic) bond motifs is 17. The van der Waals surface area contributed by atoms with E-state index >= 15 is 0 Å². The van der Waals surface area contributed by atoms with Gasteiger partial charge in [-0.15, -0.1) is 26.3 Å². The van der Waals surface area contributed by atoms with Gasteiger partial charge in [0.2, 0.25) is 0 Å². The van der Waals surface area contributed by atoms with Crippen molar-refractivity contribution >= 4 is 32.8 Å². The van der Waals surface area contributed by atoms with Crippen molar-refractivity contribution in [3.8, 4) is 22.5 Å². The van der Waals surface area contributed by atoms with Gasteiger partial charge < -0.3 is 9.97 Å². The summed E-state index contributed by atoms with van der Waals surface area (Å²) in [7, 11) is 0. The highest BCUT2D eigenvalue weighted by Gasteiger charge is 2.62. The van der Waals surface area contributed by atoms with Gasteiger partial charge in [-0.3, -0.25) is 14.8 Å². The Morgan fingerprint density at radius 2 is 1.02 bits per heavy atom. The van der Waals surface area contributed by atoms with Gasteiger partial charge in [0, 0.05) is 70.1 Å². The fraction of sp³-hybridized carbons (Fsp3) is 0.136. The first-order chi connectivity index (χ1) is 24.6. The molecule has 2 aromatic carbocycles. The van der Waals surface area contributed by atoms with E-state index < -0.39 is 11.1 Å². The minimum absolute atomic E-state index is 0.617. The zero-order chi connectivity index (χ0) is 34.3. The van der Waals surface area contributed by atoms with Crippen LogP contribution in [0.1, 0.15) is 11.4 Å². The zero-order valence-electron chi connectivity index (χ0n) is 28.1. The molecular formula is C44H40N6. The molecule has 8 rings (SSSR count). The molecule has 0 amide bonds. The first kappa shape index (κ1) is 31.4. The van der Waals surface area contributed by atoms with E-state index in [1.165, 1.54) is 0 Å². The van der Waals surface area contributed by atoms with Crippen LogP contribution in [0.4, 0.5) is 0 Å². The molecule has 0 saturated heterocycles. The first-order valence-corrected chi connectivity index (χ1v) is 17.1. The molecule has 5 aromatic rings. The van der Waals surface area contributed by atoms with Crippen molar-refractivity contribution in [2.24, 2.45) is 0 Å². The van der Waals surface area contributed by atoms with E-state index in [0.29, 0.717) is 26.2 Å². The number of allylic oxidation sites excluding steroid dienone is 2. The summed E-state index contributed by atoms with van der Waals surface area (Å²) in [4.78, 5) is 23.1. The molecule has 2 unspecified atom stereocenters. The number of rotatable bonds is 10. The van der Waals surface area contributed by atoms with Crippen molar-refractivity contribution in [2.45, 2.75) is 11.1 Å². The Kier molecular flexibility index (Phi) is 7.91. The number of benzene rings is 2. The molecule has 50 heavy (non-hydrogen) atoms. The van der Waals surface area contributed by atoms with Gasteiger partial charge in [-0.25, -0.2) is 4.98 Å². The fourth-order valence-corrected chi connectivity index (χ4v) is 8.18. The van der Waals surface area contributed by atoms with Crippen molar-refractivity contribution in [2.75, 3.05) is 26.2 Å². The summed E-state index contributed by atoms with van der Waals surface area (Å²) < 4.78 is 0. The van der Waals surface area contributed by atoms with Gasteiger partial charge in [0.05, 0.1) is 22.8 Å². The molecular weight excluding hydrogens is 613 g/mol. The molecule has 0 saturated carbocycles. The van der Waals surface area contributed by atoms with E-state index in [-0.39, 0.29) is 0 Å². The summed E-state index contributed by atoms with van der Waals surface area (Å²) in [5.41, 5.74) is 8.31. The van der Waals surface area contributed by atoms with E-state index in [1.54, 1.807) is 0 Å². The molecule has 0 spiro atoms.